The number of hydrogen-bond donors (Lipinski definition) is 1. The molecule has 0 saturated carbocycles. The number of halogens is 1. The second-order valence-electron chi connectivity index (χ2n) is 14.0. The van der Waals surface area contributed by atoms with Crippen LogP contribution in [0.15, 0.2) is 94.7 Å². The number of hydrogen-bond acceptors (Lipinski definition) is 7. The van der Waals surface area contributed by atoms with E-state index in [9.17, 15) is 17.6 Å². The topological polar surface area (TPSA) is 118 Å². The first-order valence-electron chi connectivity index (χ1n) is 16.7. The molecule has 0 unspecified atom stereocenters. The van der Waals surface area contributed by atoms with Crippen molar-refractivity contribution in [3.05, 3.63) is 107 Å². The van der Waals surface area contributed by atoms with E-state index in [-0.39, 0.29) is 34.8 Å². The third-order valence-corrected chi connectivity index (χ3v) is 14.2. The molecular weight excluding hydrogens is 674 g/mol. The molecule has 0 aliphatic carbocycles. The first-order chi connectivity index (χ1) is 23.6. The zero-order valence-electron chi connectivity index (χ0n) is 29.1. The van der Waals surface area contributed by atoms with Gasteiger partial charge in [-0.3, -0.25) is 14.2 Å². The van der Waals surface area contributed by atoms with Gasteiger partial charge < -0.3 is 9.16 Å². The van der Waals surface area contributed by atoms with Crippen LogP contribution in [0.5, 0.6) is 11.5 Å². The third kappa shape index (κ3) is 9.43. The summed E-state index contributed by atoms with van der Waals surface area (Å²) in [6.45, 7) is 11.3. The second kappa shape index (κ2) is 15.2. The van der Waals surface area contributed by atoms with E-state index in [1.807, 2.05) is 54.6 Å². The minimum Gasteiger partial charge on any atom is -0.544 e. The maximum Gasteiger partial charge on any atom is 0.282 e. The summed E-state index contributed by atoms with van der Waals surface area (Å²) < 4.78 is 57.5. The fourth-order valence-electron chi connectivity index (χ4n) is 5.19. The lowest BCUT2D eigenvalue weighted by Crippen LogP contribution is -2.43. The number of ether oxygens (including phenoxy) is 1. The number of fused-ring (bicyclic) bond motifs is 1. The van der Waals surface area contributed by atoms with E-state index in [1.165, 1.54) is 17.0 Å². The molecule has 0 atom stereocenters. The average molecular weight is 718 g/mol. The molecule has 0 fully saturated rings. The molecule has 0 saturated heterocycles. The van der Waals surface area contributed by atoms with Crippen molar-refractivity contribution >= 4 is 47.7 Å². The van der Waals surface area contributed by atoms with Crippen LogP contribution in [-0.2, 0) is 21.3 Å². The van der Waals surface area contributed by atoms with E-state index in [2.05, 4.69) is 38.9 Å². The summed E-state index contributed by atoms with van der Waals surface area (Å²) in [4.78, 5) is 24.9. The van der Waals surface area contributed by atoms with Gasteiger partial charge in [0.15, 0.2) is 17.4 Å². The van der Waals surface area contributed by atoms with Gasteiger partial charge in [-0.15, -0.1) is 0 Å². The van der Waals surface area contributed by atoms with Crippen LogP contribution in [0.4, 0.5) is 4.39 Å². The van der Waals surface area contributed by atoms with E-state index in [0.717, 1.165) is 16.9 Å². The van der Waals surface area contributed by atoms with E-state index in [1.54, 1.807) is 18.3 Å². The van der Waals surface area contributed by atoms with Crippen LogP contribution in [0.25, 0.3) is 11.8 Å². The number of carbonyl (C=O) groups is 1. The minimum absolute atomic E-state index is 0.0614. The van der Waals surface area contributed by atoms with Crippen molar-refractivity contribution < 1.29 is 31.3 Å². The molecule has 2 heterocycles. The molecule has 3 aromatic rings. The Morgan fingerprint density at radius 2 is 1.64 bits per heavy atom. The van der Waals surface area contributed by atoms with E-state index < -0.39 is 24.3 Å². The minimum atomic E-state index is -3.96. The second-order valence-corrected chi connectivity index (χ2v) is 20.3. The highest BCUT2D eigenvalue weighted by atomic mass is 32.2. The molecule has 264 valence electrons. The lowest BCUT2D eigenvalue weighted by atomic mass is 10.0. The van der Waals surface area contributed by atoms with Crippen LogP contribution < -0.4 is 9.16 Å². The van der Waals surface area contributed by atoms with Crippen LogP contribution in [0, 0.1) is 5.82 Å². The Kier molecular flexibility index (Phi) is 11.2. The summed E-state index contributed by atoms with van der Waals surface area (Å²) in [5, 5.41) is 0.0614. The Hall–Kier alpha value is -4.39. The number of benzene rings is 3. The van der Waals surface area contributed by atoms with Gasteiger partial charge in [0.25, 0.3) is 16.0 Å². The van der Waals surface area contributed by atoms with Gasteiger partial charge in [0.05, 0.1) is 23.8 Å². The van der Waals surface area contributed by atoms with Gasteiger partial charge >= 0.3 is 0 Å². The predicted molar refractivity (Wildman–Crippen MR) is 199 cm³/mol. The summed E-state index contributed by atoms with van der Waals surface area (Å²) in [5.41, 5.74) is 3.73. The smallest absolute Gasteiger partial charge is 0.282 e. The van der Waals surface area contributed by atoms with Crippen molar-refractivity contribution in [3.8, 4) is 11.5 Å². The predicted octanol–water partition coefficient (Wildman–Crippen LogP) is 8.31. The average Bonchev–Trinajstić information content (AvgIpc) is 3.36. The van der Waals surface area contributed by atoms with Crippen molar-refractivity contribution in [2.24, 2.45) is 9.98 Å². The number of nitrogens with zero attached hydrogens (tertiary/aromatic N) is 3. The Labute approximate surface area is 295 Å². The largest absolute Gasteiger partial charge is 0.544 e. The molecule has 1 amide bonds. The molecular formula is C38H44FN3O6SSi. The summed E-state index contributed by atoms with van der Waals surface area (Å²) in [5.74, 6) is 0.125. The first kappa shape index (κ1) is 36.9. The van der Waals surface area contributed by atoms with Gasteiger partial charge in [-0.25, -0.2) is 14.4 Å². The van der Waals surface area contributed by atoms with Crippen LogP contribution in [0.1, 0.15) is 63.1 Å². The monoisotopic (exact) mass is 717 g/mol. The number of unbranched alkanes of at least 4 members (excludes halogenated alkanes) is 3. The van der Waals surface area contributed by atoms with Gasteiger partial charge in [-0.2, -0.15) is 8.42 Å². The van der Waals surface area contributed by atoms with Gasteiger partial charge in [-0.05, 0) is 84.6 Å². The summed E-state index contributed by atoms with van der Waals surface area (Å²) in [6.07, 6.45) is 5.96. The van der Waals surface area contributed by atoms with Crippen LogP contribution in [-0.4, -0.2) is 56.0 Å². The number of rotatable bonds is 14. The number of amidine groups is 1. The maximum atomic E-state index is 15.0. The molecule has 0 radical (unpaired) electrons. The van der Waals surface area contributed by atoms with E-state index >= 15 is 0 Å². The maximum absolute atomic E-state index is 15.0. The fourth-order valence-corrected chi connectivity index (χ4v) is 6.79. The Morgan fingerprint density at radius 1 is 0.940 bits per heavy atom. The Morgan fingerprint density at radius 3 is 2.30 bits per heavy atom. The van der Waals surface area contributed by atoms with Gasteiger partial charge in [0.2, 0.25) is 8.32 Å². The molecule has 0 bridgehead atoms. The quantitative estimate of drug-likeness (QED) is 0.0776. The highest BCUT2D eigenvalue weighted by Gasteiger charge is 2.39. The van der Waals surface area contributed by atoms with Crippen molar-refractivity contribution in [2.75, 3.05) is 12.4 Å². The molecule has 2 aliphatic rings. The van der Waals surface area contributed by atoms with Crippen LogP contribution in [0.2, 0.25) is 18.1 Å². The molecule has 3 aromatic carbocycles. The third-order valence-electron chi connectivity index (χ3n) is 9.01. The highest BCUT2D eigenvalue weighted by Crippen LogP contribution is 2.38. The zero-order valence-corrected chi connectivity index (χ0v) is 31.0. The molecule has 12 heteroatoms. The van der Waals surface area contributed by atoms with Gasteiger partial charge in [0.1, 0.15) is 11.4 Å². The van der Waals surface area contributed by atoms with Crippen molar-refractivity contribution in [3.63, 3.8) is 0 Å². The Bertz CT molecular complexity index is 1950. The van der Waals surface area contributed by atoms with Crippen LogP contribution in [0.3, 0.4) is 0 Å². The summed E-state index contributed by atoms with van der Waals surface area (Å²) in [6, 6.07) is 22.1. The molecule has 5 rings (SSSR count). The zero-order chi connectivity index (χ0) is 36.1. The SMILES string of the molecule is CC(C)(C)[Si](C)(C)Oc1ccc(C2=CN3C(=O)C(=Cc4ccc(OCCCCCCS(=O)(=O)O)c(F)c4)N=C3C(Cc3ccccc3)=N2)cc1. The molecule has 9 nitrogen and oxygen atoms in total. The van der Waals surface area contributed by atoms with Crippen molar-refractivity contribution in [1.82, 2.24) is 4.90 Å². The van der Waals surface area contributed by atoms with Crippen LogP contribution >= 0.6 is 0 Å². The van der Waals surface area contributed by atoms with Crippen molar-refractivity contribution in [1.29, 1.82) is 0 Å². The number of amides is 1. The lowest BCUT2D eigenvalue weighted by molar-refractivity contribution is -0.120. The van der Waals surface area contributed by atoms with E-state index in [0.29, 0.717) is 54.9 Å². The Balaban J connectivity index is 1.33. The molecule has 0 spiro atoms. The lowest BCUT2D eigenvalue weighted by Gasteiger charge is -2.36. The first-order valence-corrected chi connectivity index (χ1v) is 21.3. The fraction of sp³-hybridized carbons (Fsp3) is 0.342. The van der Waals surface area contributed by atoms with E-state index in [4.69, 9.17) is 18.7 Å². The normalized spacial score (nSPS) is 15.8. The number of aliphatic imine (C=N–C) groups is 2. The summed E-state index contributed by atoms with van der Waals surface area (Å²) >= 11 is 0. The molecule has 2 aliphatic heterocycles. The standard InChI is InChI=1S/C38H44FN3O6SSi/c1-38(2,3)50(4,5)48-30-18-16-29(17-19-30)34-26-42-36(32(40-34)24-27-13-9-8-10-14-27)41-33(37(42)43)25-28-15-20-35(31(39)23-28)47-21-11-6-7-12-22-49(44,45)46/h8-10,13-20,23,25-26H,6-7,11-12,21-22,24H2,1-5H3,(H,44,45,46). The van der Waals surface area contributed by atoms with Gasteiger partial charge in [-0.1, -0.05) is 70.0 Å². The molecule has 50 heavy (non-hydrogen) atoms. The number of carbonyl (C=O) groups excluding carboxylic acids is 1. The summed E-state index contributed by atoms with van der Waals surface area (Å²) in [7, 11) is -5.97. The highest BCUT2D eigenvalue weighted by molar-refractivity contribution is 7.85. The van der Waals surface area contributed by atoms with Gasteiger partial charge in [0, 0.05) is 18.2 Å². The van der Waals surface area contributed by atoms with Crippen molar-refractivity contribution in [2.45, 2.75) is 71.0 Å². The molecule has 1 N–H and O–H groups in total. The molecule has 0 aromatic heterocycles.